The van der Waals surface area contributed by atoms with Crippen LogP contribution in [0.25, 0.3) is 0 Å². The summed E-state index contributed by atoms with van der Waals surface area (Å²) in [7, 11) is 1.65. The van der Waals surface area contributed by atoms with E-state index >= 15 is 0 Å². The second-order valence-electron chi connectivity index (χ2n) is 5.84. The van der Waals surface area contributed by atoms with Gasteiger partial charge in [-0.3, -0.25) is 4.79 Å². The zero-order valence-electron chi connectivity index (χ0n) is 12.8. The Balaban J connectivity index is 1.69. The zero-order chi connectivity index (χ0) is 15.1. The van der Waals surface area contributed by atoms with Gasteiger partial charge in [0.15, 0.2) is 0 Å². The van der Waals surface area contributed by atoms with Gasteiger partial charge >= 0.3 is 0 Å². The molecule has 0 aliphatic heterocycles. The summed E-state index contributed by atoms with van der Waals surface area (Å²) in [6, 6.07) is 7.87. The number of nitrogens with two attached hydrogens (primary N) is 1. The maximum absolute atomic E-state index is 11.9. The summed E-state index contributed by atoms with van der Waals surface area (Å²) in [5, 5.41) is 3.06. The van der Waals surface area contributed by atoms with E-state index in [0.29, 0.717) is 18.3 Å². The lowest BCUT2D eigenvalue weighted by Crippen LogP contribution is -2.32. The maximum Gasteiger partial charge on any atom is 0.220 e. The number of carbonyl (C=O) groups excluding carboxylic acids is 1. The van der Waals surface area contributed by atoms with Crippen molar-refractivity contribution in [2.24, 2.45) is 17.6 Å². The number of amides is 1. The molecule has 116 valence electrons. The van der Waals surface area contributed by atoms with Crippen LogP contribution in [0.5, 0.6) is 5.75 Å². The minimum absolute atomic E-state index is 0.133. The molecule has 1 aliphatic rings. The average Bonchev–Trinajstić information content (AvgIpc) is 2.99. The molecule has 2 unspecified atom stereocenters. The fraction of sp³-hybridized carbons (Fsp3) is 0.588. The largest absolute Gasteiger partial charge is 0.497 e. The van der Waals surface area contributed by atoms with Crippen LogP contribution in [-0.4, -0.2) is 26.1 Å². The van der Waals surface area contributed by atoms with Crippen LogP contribution in [0.4, 0.5) is 0 Å². The second-order valence-corrected chi connectivity index (χ2v) is 5.84. The van der Waals surface area contributed by atoms with Crippen LogP contribution in [0.3, 0.4) is 0 Å². The molecule has 1 aliphatic carbocycles. The van der Waals surface area contributed by atoms with E-state index in [1.54, 1.807) is 7.11 Å². The van der Waals surface area contributed by atoms with E-state index < -0.39 is 0 Å². The van der Waals surface area contributed by atoms with E-state index in [4.69, 9.17) is 10.5 Å². The first-order chi connectivity index (χ1) is 10.2. The maximum atomic E-state index is 11.9. The summed E-state index contributed by atoms with van der Waals surface area (Å²) >= 11 is 0. The molecule has 3 N–H and O–H groups in total. The van der Waals surface area contributed by atoms with Gasteiger partial charge in [-0.25, -0.2) is 0 Å². The lowest BCUT2D eigenvalue weighted by molar-refractivity contribution is -0.121. The van der Waals surface area contributed by atoms with Crippen molar-refractivity contribution in [2.75, 3.05) is 20.2 Å². The number of aryl methyl sites for hydroxylation is 1. The monoisotopic (exact) mass is 290 g/mol. The van der Waals surface area contributed by atoms with Crippen LogP contribution in [0.15, 0.2) is 24.3 Å². The van der Waals surface area contributed by atoms with E-state index in [1.165, 1.54) is 19.3 Å². The van der Waals surface area contributed by atoms with Gasteiger partial charge in [0.25, 0.3) is 0 Å². The van der Waals surface area contributed by atoms with Crippen molar-refractivity contribution < 1.29 is 9.53 Å². The summed E-state index contributed by atoms with van der Waals surface area (Å²) in [5.74, 6) is 2.14. The van der Waals surface area contributed by atoms with Gasteiger partial charge in [0.2, 0.25) is 5.91 Å². The normalized spacial score (nSPS) is 21.2. The highest BCUT2D eigenvalue weighted by atomic mass is 16.5. The molecule has 21 heavy (non-hydrogen) atoms. The summed E-state index contributed by atoms with van der Waals surface area (Å²) in [6.07, 6.45) is 4.95. The van der Waals surface area contributed by atoms with Crippen molar-refractivity contribution >= 4 is 5.91 Å². The van der Waals surface area contributed by atoms with Crippen molar-refractivity contribution in [1.82, 2.24) is 5.32 Å². The van der Waals surface area contributed by atoms with Crippen molar-refractivity contribution in [2.45, 2.75) is 32.1 Å². The Kier molecular flexibility index (Phi) is 6.05. The Labute approximate surface area is 127 Å². The average molecular weight is 290 g/mol. The standard InChI is InChI=1S/C17H26N2O2/c1-21-16-8-5-13(6-9-16)7-10-17(20)19-12-15-4-2-3-14(15)11-18/h5-6,8-9,14-15H,2-4,7,10-12,18H2,1H3,(H,19,20). The third-order valence-corrected chi connectivity index (χ3v) is 4.48. The lowest BCUT2D eigenvalue weighted by Gasteiger charge is -2.18. The Morgan fingerprint density at radius 1 is 1.29 bits per heavy atom. The molecule has 2 rings (SSSR count). The highest BCUT2D eigenvalue weighted by Crippen LogP contribution is 2.30. The molecule has 2 atom stereocenters. The van der Waals surface area contributed by atoms with E-state index in [1.807, 2.05) is 24.3 Å². The van der Waals surface area contributed by atoms with Crippen molar-refractivity contribution in [3.8, 4) is 5.75 Å². The van der Waals surface area contributed by atoms with Crippen LogP contribution in [-0.2, 0) is 11.2 Å². The molecular formula is C17H26N2O2. The van der Waals surface area contributed by atoms with E-state index in [9.17, 15) is 4.79 Å². The number of ether oxygens (including phenoxy) is 1. The minimum Gasteiger partial charge on any atom is -0.497 e. The van der Waals surface area contributed by atoms with Crippen molar-refractivity contribution in [3.05, 3.63) is 29.8 Å². The van der Waals surface area contributed by atoms with Gasteiger partial charge in [-0.05, 0) is 55.3 Å². The molecule has 4 nitrogen and oxygen atoms in total. The number of methoxy groups -OCH3 is 1. The third kappa shape index (κ3) is 4.74. The predicted molar refractivity (Wildman–Crippen MR) is 84.2 cm³/mol. The molecule has 1 fully saturated rings. The van der Waals surface area contributed by atoms with E-state index in [2.05, 4.69) is 5.32 Å². The minimum atomic E-state index is 0.133. The third-order valence-electron chi connectivity index (χ3n) is 4.48. The Hall–Kier alpha value is -1.55. The Morgan fingerprint density at radius 2 is 2.00 bits per heavy atom. The molecule has 0 radical (unpaired) electrons. The van der Waals surface area contributed by atoms with Gasteiger partial charge in [0.05, 0.1) is 7.11 Å². The Morgan fingerprint density at radius 3 is 2.67 bits per heavy atom. The van der Waals surface area contributed by atoms with E-state index in [0.717, 1.165) is 30.8 Å². The van der Waals surface area contributed by atoms with E-state index in [-0.39, 0.29) is 5.91 Å². The molecule has 0 bridgehead atoms. The van der Waals surface area contributed by atoms with Gasteiger partial charge in [-0.15, -0.1) is 0 Å². The fourth-order valence-electron chi connectivity index (χ4n) is 3.08. The molecule has 1 saturated carbocycles. The number of hydrogen-bond acceptors (Lipinski definition) is 3. The highest BCUT2D eigenvalue weighted by molar-refractivity contribution is 5.76. The summed E-state index contributed by atoms with van der Waals surface area (Å²) in [4.78, 5) is 11.9. The highest BCUT2D eigenvalue weighted by Gasteiger charge is 2.25. The van der Waals surface area contributed by atoms with Crippen LogP contribution in [0.1, 0.15) is 31.2 Å². The first-order valence-corrected chi connectivity index (χ1v) is 7.82. The molecule has 1 aromatic rings. The zero-order valence-corrected chi connectivity index (χ0v) is 12.8. The molecule has 4 heteroatoms. The topological polar surface area (TPSA) is 64.3 Å². The van der Waals surface area contributed by atoms with Gasteiger partial charge in [0, 0.05) is 13.0 Å². The number of carbonyl (C=O) groups is 1. The van der Waals surface area contributed by atoms with Gasteiger partial charge in [0.1, 0.15) is 5.75 Å². The molecule has 0 spiro atoms. The number of benzene rings is 1. The van der Waals surface area contributed by atoms with Crippen LogP contribution in [0, 0.1) is 11.8 Å². The van der Waals surface area contributed by atoms with Crippen molar-refractivity contribution in [3.63, 3.8) is 0 Å². The molecule has 0 heterocycles. The number of rotatable bonds is 7. The molecular weight excluding hydrogens is 264 g/mol. The summed E-state index contributed by atoms with van der Waals surface area (Å²) in [5.41, 5.74) is 6.92. The first-order valence-electron chi connectivity index (χ1n) is 7.82. The van der Waals surface area contributed by atoms with Gasteiger partial charge in [-0.2, -0.15) is 0 Å². The molecule has 1 amide bonds. The second kappa shape index (κ2) is 8.03. The van der Waals surface area contributed by atoms with Gasteiger partial charge < -0.3 is 15.8 Å². The van der Waals surface area contributed by atoms with Gasteiger partial charge in [-0.1, -0.05) is 18.6 Å². The number of nitrogens with one attached hydrogen (secondary N) is 1. The quantitative estimate of drug-likeness (QED) is 0.808. The Bertz CT molecular complexity index is 445. The predicted octanol–water partition coefficient (Wildman–Crippen LogP) is 2.12. The summed E-state index contributed by atoms with van der Waals surface area (Å²) in [6.45, 7) is 1.52. The summed E-state index contributed by atoms with van der Waals surface area (Å²) < 4.78 is 5.12. The van der Waals surface area contributed by atoms with Crippen LogP contribution < -0.4 is 15.8 Å². The fourth-order valence-corrected chi connectivity index (χ4v) is 3.08. The smallest absolute Gasteiger partial charge is 0.220 e. The molecule has 0 aromatic heterocycles. The lowest BCUT2D eigenvalue weighted by atomic mass is 9.96. The SMILES string of the molecule is COc1ccc(CCC(=O)NCC2CCCC2CN)cc1. The molecule has 1 aromatic carbocycles. The van der Waals surface area contributed by atoms with Crippen LogP contribution in [0.2, 0.25) is 0 Å². The molecule has 0 saturated heterocycles. The van der Waals surface area contributed by atoms with Crippen LogP contribution >= 0.6 is 0 Å². The number of hydrogen-bond donors (Lipinski definition) is 2. The first kappa shape index (κ1) is 15.8. The van der Waals surface area contributed by atoms with Crippen molar-refractivity contribution in [1.29, 1.82) is 0 Å².